The van der Waals surface area contributed by atoms with Crippen molar-refractivity contribution in [2.75, 3.05) is 7.11 Å². The van der Waals surface area contributed by atoms with Crippen LogP contribution in [0, 0.1) is 12.7 Å². The van der Waals surface area contributed by atoms with E-state index < -0.39 is 5.97 Å². The first kappa shape index (κ1) is 13.4. The van der Waals surface area contributed by atoms with Crippen LogP contribution in [0.15, 0.2) is 24.4 Å². The lowest BCUT2D eigenvalue weighted by Gasteiger charge is -2.05. The highest BCUT2D eigenvalue weighted by Crippen LogP contribution is 2.21. The van der Waals surface area contributed by atoms with Gasteiger partial charge in [-0.05, 0) is 30.7 Å². The summed E-state index contributed by atoms with van der Waals surface area (Å²) in [5.74, 6) is -0.751. The van der Waals surface area contributed by atoms with Gasteiger partial charge < -0.3 is 4.74 Å². The molecule has 0 atom stereocenters. The van der Waals surface area contributed by atoms with Gasteiger partial charge in [0.1, 0.15) is 16.5 Å². The van der Waals surface area contributed by atoms with E-state index in [0.29, 0.717) is 5.56 Å². The number of carbonyl (C=O) groups is 1. The number of aromatic nitrogens is 2. The van der Waals surface area contributed by atoms with Gasteiger partial charge in [-0.25, -0.2) is 19.2 Å². The van der Waals surface area contributed by atoms with Crippen LogP contribution in [0.3, 0.4) is 0 Å². The second-order valence-electron chi connectivity index (χ2n) is 3.91. The van der Waals surface area contributed by atoms with Crippen molar-refractivity contribution in [1.29, 1.82) is 0 Å². The zero-order valence-electron chi connectivity index (χ0n) is 10.3. The number of methoxy groups -OCH3 is 1. The Hall–Kier alpha value is -2.01. The summed E-state index contributed by atoms with van der Waals surface area (Å²) < 4.78 is 17.9. The lowest BCUT2D eigenvalue weighted by atomic mass is 10.1. The van der Waals surface area contributed by atoms with Gasteiger partial charge in [-0.2, -0.15) is 0 Å². The minimum atomic E-state index is -0.619. The monoisotopic (exact) mass is 280 g/mol. The second kappa shape index (κ2) is 5.32. The summed E-state index contributed by atoms with van der Waals surface area (Å²) in [7, 11) is 1.24. The maximum absolute atomic E-state index is 13.3. The van der Waals surface area contributed by atoms with Gasteiger partial charge in [-0.1, -0.05) is 11.6 Å². The third kappa shape index (κ3) is 2.88. The molecular weight excluding hydrogens is 271 g/mol. The van der Waals surface area contributed by atoms with E-state index in [2.05, 4.69) is 14.7 Å². The minimum absolute atomic E-state index is 0.0289. The molecule has 0 radical (unpaired) electrons. The smallest absolute Gasteiger partial charge is 0.342 e. The van der Waals surface area contributed by atoms with Gasteiger partial charge in [0.05, 0.1) is 7.11 Å². The van der Waals surface area contributed by atoms with Crippen molar-refractivity contribution < 1.29 is 13.9 Å². The quantitative estimate of drug-likeness (QED) is 0.627. The highest BCUT2D eigenvalue weighted by atomic mass is 35.5. The maximum Gasteiger partial charge on any atom is 0.342 e. The van der Waals surface area contributed by atoms with E-state index in [9.17, 15) is 9.18 Å². The third-order valence-electron chi connectivity index (χ3n) is 2.45. The van der Waals surface area contributed by atoms with E-state index in [4.69, 9.17) is 11.6 Å². The summed E-state index contributed by atoms with van der Waals surface area (Å²) in [5.41, 5.74) is 1.31. The standard InChI is InChI=1S/C13H10ClFN2O2/c1-7-3-8(5-9(15)4-7)12-16-6-10(11(14)17-12)13(18)19-2/h3-6H,1-2H3. The zero-order chi connectivity index (χ0) is 14.0. The number of nitrogens with zero attached hydrogens (tertiary/aromatic N) is 2. The van der Waals surface area contributed by atoms with Crippen LogP contribution in [0.25, 0.3) is 11.4 Å². The summed E-state index contributed by atoms with van der Waals surface area (Å²) >= 11 is 5.89. The number of esters is 1. The summed E-state index contributed by atoms with van der Waals surface area (Å²) in [4.78, 5) is 19.3. The molecule has 0 aliphatic carbocycles. The Morgan fingerprint density at radius 2 is 2.11 bits per heavy atom. The van der Waals surface area contributed by atoms with E-state index in [1.807, 2.05) is 0 Å². The van der Waals surface area contributed by atoms with E-state index in [0.717, 1.165) is 5.56 Å². The molecule has 0 aliphatic rings. The molecular formula is C13H10ClFN2O2. The highest BCUT2D eigenvalue weighted by Gasteiger charge is 2.14. The number of hydrogen-bond donors (Lipinski definition) is 0. The number of ether oxygens (including phenoxy) is 1. The van der Waals surface area contributed by atoms with Gasteiger partial charge in [0.15, 0.2) is 5.82 Å². The molecule has 0 saturated carbocycles. The molecule has 19 heavy (non-hydrogen) atoms. The van der Waals surface area contributed by atoms with Crippen LogP contribution in [0.5, 0.6) is 0 Å². The Labute approximate surface area is 114 Å². The van der Waals surface area contributed by atoms with Crippen LogP contribution in [0.1, 0.15) is 15.9 Å². The molecule has 1 heterocycles. The van der Waals surface area contributed by atoms with Crippen LogP contribution in [0.4, 0.5) is 4.39 Å². The number of benzene rings is 1. The normalized spacial score (nSPS) is 10.3. The molecule has 0 amide bonds. The van der Waals surface area contributed by atoms with Crippen molar-refractivity contribution >= 4 is 17.6 Å². The molecule has 0 N–H and O–H groups in total. The fraction of sp³-hybridized carbons (Fsp3) is 0.154. The molecule has 1 aromatic heterocycles. The van der Waals surface area contributed by atoms with Crippen LogP contribution in [-0.4, -0.2) is 23.0 Å². The van der Waals surface area contributed by atoms with Crippen molar-refractivity contribution in [3.8, 4) is 11.4 Å². The average molecular weight is 281 g/mol. The first-order chi connectivity index (χ1) is 9.01. The highest BCUT2D eigenvalue weighted by molar-refractivity contribution is 6.32. The predicted octanol–water partition coefficient (Wildman–Crippen LogP) is 3.03. The van der Waals surface area contributed by atoms with Gasteiger partial charge >= 0.3 is 5.97 Å². The molecule has 2 rings (SSSR count). The molecule has 6 heteroatoms. The molecule has 1 aromatic carbocycles. The molecule has 0 spiro atoms. The van der Waals surface area contributed by atoms with E-state index >= 15 is 0 Å². The van der Waals surface area contributed by atoms with Crippen molar-refractivity contribution in [2.45, 2.75) is 6.92 Å². The van der Waals surface area contributed by atoms with Gasteiger partial charge in [0.2, 0.25) is 0 Å². The van der Waals surface area contributed by atoms with Crippen molar-refractivity contribution in [2.24, 2.45) is 0 Å². The van der Waals surface area contributed by atoms with Crippen LogP contribution in [-0.2, 0) is 4.74 Å². The molecule has 0 saturated heterocycles. The summed E-state index contributed by atoms with van der Waals surface area (Å²) in [5, 5.41) is -0.0289. The third-order valence-corrected chi connectivity index (χ3v) is 2.74. The lowest BCUT2D eigenvalue weighted by molar-refractivity contribution is 0.0600. The SMILES string of the molecule is COC(=O)c1cnc(-c2cc(C)cc(F)c2)nc1Cl. The second-order valence-corrected chi connectivity index (χ2v) is 4.26. The Balaban J connectivity index is 2.47. The minimum Gasteiger partial charge on any atom is -0.465 e. The number of carbonyl (C=O) groups excluding carboxylic acids is 1. The molecule has 0 unspecified atom stereocenters. The van der Waals surface area contributed by atoms with E-state index in [1.165, 1.54) is 25.4 Å². The van der Waals surface area contributed by atoms with Crippen molar-refractivity contribution in [3.63, 3.8) is 0 Å². The molecule has 98 valence electrons. The van der Waals surface area contributed by atoms with Crippen LogP contribution >= 0.6 is 11.6 Å². The van der Waals surface area contributed by atoms with E-state index in [1.54, 1.807) is 13.0 Å². The maximum atomic E-state index is 13.3. The van der Waals surface area contributed by atoms with Gasteiger partial charge in [0.25, 0.3) is 0 Å². The molecule has 0 aliphatic heterocycles. The van der Waals surface area contributed by atoms with Crippen LogP contribution < -0.4 is 0 Å². The van der Waals surface area contributed by atoms with Gasteiger partial charge in [-0.3, -0.25) is 0 Å². The summed E-state index contributed by atoms with van der Waals surface area (Å²) in [6.07, 6.45) is 1.26. The first-order valence-corrected chi connectivity index (χ1v) is 5.77. The lowest BCUT2D eigenvalue weighted by Crippen LogP contribution is -2.05. The number of aryl methyl sites for hydroxylation is 1. The number of rotatable bonds is 2. The predicted molar refractivity (Wildman–Crippen MR) is 68.5 cm³/mol. The molecule has 0 fully saturated rings. The molecule has 0 bridgehead atoms. The number of hydrogen-bond acceptors (Lipinski definition) is 4. The van der Waals surface area contributed by atoms with Crippen LogP contribution in [0.2, 0.25) is 5.15 Å². The number of halogens is 2. The Morgan fingerprint density at radius 3 is 2.68 bits per heavy atom. The van der Waals surface area contributed by atoms with Crippen molar-refractivity contribution in [3.05, 3.63) is 46.5 Å². The molecule has 4 nitrogen and oxygen atoms in total. The van der Waals surface area contributed by atoms with Gasteiger partial charge in [0, 0.05) is 11.8 Å². The fourth-order valence-corrected chi connectivity index (χ4v) is 1.82. The Kier molecular flexibility index (Phi) is 3.76. The van der Waals surface area contributed by atoms with Crippen molar-refractivity contribution in [1.82, 2.24) is 9.97 Å². The zero-order valence-corrected chi connectivity index (χ0v) is 11.0. The molecule has 2 aromatic rings. The summed E-state index contributed by atoms with van der Waals surface area (Å²) in [6.45, 7) is 1.76. The topological polar surface area (TPSA) is 52.1 Å². The average Bonchev–Trinajstić information content (AvgIpc) is 2.36. The Bertz CT molecular complexity index is 626. The Morgan fingerprint density at radius 1 is 1.37 bits per heavy atom. The van der Waals surface area contributed by atoms with Gasteiger partial charge in [-0.15, -0.1) is 0 Å². The first-order valence-electron chi connectivity index (χ1n) is 5.39. The fourth-order valence-electron chi connectivity index (χ4n) is 1.61. The van der Waals surface area contributed by atoms with E-state index in [-0.39, 0.29) is 22.4 Å². The summed E-state index contributed by atoms with van der Waals surface area (Å²) in [6, 6.07) is 4.43. The largest absolute Gasteiger partial charge is 0.465 e.